The number of aromatic nitrogens is 2. The van der Waals surface area contributed by atoms with Gasteiger partial charge in [0.2, 0.25) is 0 Å². The first-order valence-corrected chi connectivity index (χ1v) is 8.74. The molecule has 5 nitrogen and oxygen atoms in total. The molecule has 0 saturated carbocycles. The third kappa shape index (κ3) is 4.50. The van der Waals surface area contributed by atoms with Crippen LogP contribution in [0, 0.1) is 0 Å². The maximum Gasteiger partial charge on any atom is 0.255 e. The molecule has 0 bridgehead atoms. The predicted octanol–water partition coefficient (Wildman–Crippen LogP) is 3.91. The Morgan fingerprint density at radius 2 is 2.00 bits per heavy atom. The number of halogens is 1. The van der Waals surface area contributed by atoms with Crippen molar-refractivity contribution in [2.24, 2.45) is 0 Å². The average Bonchev–Trinajstić information content (AvgIpc) is 3.08. The quantitative estimate of drug-likeness (QED) is 0.490. The summed E-state index contributed by atoms with van der Waals surface area (Å²) >= 11 is 5.95. The van der Waals surface area contributed by atoms with Crippen molar-refractivity contribution in [2.75, 3.05) is 20.3 Å². The van der Waals surface area contributed by atoms with Gasteiger partial charge in [0.05, 0.1) is 16.6 Å². The van der Waals surface area contributed by atoms with Crippen LogP contribution in [0.3, 0.4) is 0 Å². The lowest BCUT2D eigenvalue weighted by Gasteiger charge is -2.07. The van der Waals surface area contributed by atoms with E-state index in [1.54, 1.807) is 25.3 Å². The van der Waals surface area contributed by atoms with Crippen molar-refractivity contribution in [3.05, 3.63) is 64.9 Å². The van der Waals surface area contributed by atoms with Crippen molar-refractivity contribution in [3.8, 4) is 0 Å². The van der Waals surface area contributed by atoms with Gasteiger partial charge in [-0.2, -0.15) is 0 Å². The van der Waals surface area contributed by atoms with Crippen LogP contribution in [0.1, 0.15) is 17.8 Å². The topological polar surface area (TPSA) is 67.0 Å². The molecule has 0 unspecified atom stereocenters. The minimum Gasteiger partial charge on any atom is -0.385 e. The molecule has 1 heterocycles. The SMILES string of the molecule is COCCCNC(=O)/C(=C/c1ccc(Cl)cc1)c1nc2ccccc2[nH]1. The van der Waals surface area contributed by atoms with E-state index in [4.69, 9.17) is 16.3 Å². The van der Waals surface area contributed by atoms with Crippen LogP contribution in [-0.4, -0.2) is 36.1 Å². The molecular weight excluding hydrogens is 350 g/mol. The molecule has 134 valence electrons. The number of aromatic amines is 1. The van der Waals surface area contributed by atoms with Crippen LogP contribution in [-0.2, 0) is 9.53 Å². The van der Waals surface area contributed by atoms with Gasteiger partial charge < -0.3 is 15.0 Å². The predicted molar refractivity (Wildman–Crippen MR) is 105 cm³/mol. The normalized spacial score (nSPS) is 11.7. The molecule has 0 atom stereocenters. The van der Waals surface area contributed by atoms with Gasteiger partial charge in [-0.05, 0) is 42.3 Å². The lowest BCUT2D eigenvalue weighted by atomic mass is 10.1. The summed E-state index contributed by atoms with van der Waals surface area (Å²) in [5.41, 5.74) is 3.05. The van der Waals surface area contributed by atoms with Crippen LogP contribution in [0.15, 0.2) is 48.5 Å². The van der Waals surface area contributed by atoms with Crippen LogP contribution in [0.2, 0.25) is 5.02 Å². The number of hydrogen-bond donors (Lipinski definition) is 2. The van der Waals surface area contributed by atoms with Crippen molar-refractivity contribution in [2.45, 2.75) is 6.42 Å². The monoisotopic (exact) mass is 369 g/mol. The fraction of sp³-hybridized carbons (Fsp3) is 0.200. The number of nitrogens with zero attached hydrogens (tertiary/aromatic N) is 1. The van der Waals surface area contributed by atoms with Crippen molar-refractivity contribution in [3.63, 3.8) is 0 Å². The standard InChI is InChI=1S/C20H20ClN3O2/c1-26-12-4-11-22-20(25)16(13-14-7-9-15(21)10-8-14)19-23-17-5-2-3-6-18(17)24-19/h2-3,5-10,13H,4,11-12H2,1H3,(H,22,25)(H,23,24)/b16-13+. The summed E-state index contributed by atoms with van der Waals surface area (Å²) in [7, 11) is 1.64. The van der Waals surface area contributed by atoms with E-state index in [1.165, 1.54) is 0 Å². The lowest BCUT2D eigenvalue weighted by Crippen LogP contribution is -2.26. The lowest BCUT2D eigenvalue weighted by molar-refractivity contribution is -0.115. The number of rotatable bonds is 7. The molecule has 1 aromatic heterocycles. The van der Waals surface area contributed by atoms with Crippen LogP contribution in [0.5, 0.6) is 0 Å². The van der Waals surface area contributed by atoms with Crippen molar-refractivity contribution in [1.29, 1.82) is 0 Å². The highest BCUT2D eigenvalue weighted by molar-refractivity contribution is 6.30. The van der Waals surface area contributed by atoms with Gasteiger partial charge in [0.25, 0.3) is 5.91 Å². The largest absolute Gasteiger partial charge is 0.385 e. The van der Waals surface area contributed by atoms with Gasteiger partial charge in [-0.1, -0.05) is 35.9 Å². The van der Waals surface area contributed by atoms with E-state index in [1.807, 2.05) is 36.4 Å². The van der Waals surface area contributed by atoms with Crippen molar-refractivity contribution < 1.29 is 9.53 Å². The molecule has 0 spiro atoms. The summed E-state index contributed by atoms with van der Waals surface area (Å²) < 4.78 is 5.02. The summed E-state index contributed by atoms with van der Waals surface area (Å²) in [6.45, 7) is 1.13. The number of hydrogen-bond acceptors (Lipinski definition) is 3. The van der Waals surface area contributed by atoms with Gasteiger partial charge in [0.15, 0.2) is 0 Å². The Kier molecular flexibility index (Phi) is 6.04. The minimum absolute atomic E-state index is 0.185. The highest BCUT2D eigenvalue weighted by atomic mass is 35.5. The number of benzene rings is 2. The molecule has 6 heteroatoms. The molecule has 0 aliphatic carbocycles. The van der Waals surface area contributed by atoms with E-state index in [0.717, 1.165) is 23.0 Å². The number of H-pyrrole nitrogens is 1. The first-order valence-electron chi connectivity index (χ1n) is 8.37. The summed E-state index contributed by atoms with van der Waals surface area (Å²) in [6.07, 6.45) is 2.55. The highest BCUT2D eigenvalue weighted by Gasteiger charge is 2.16. The molecule has 0 aliphatic heterocycles. The first-order chi connectivity index (χ1) is 12.7. The molecular formula is C20H20ClN3O2. The maximum absolute atomic E-state index is 12.7. The number of carbonyl (C=O) groups is 1. The Balaban J connectivity index is 1.92. The minimum atomic E-state index is -0.185. The molecule has 3 aromatic rings. The molecule has 2 aromatic carbocycles. The molecule has 3 rings (SSSR count). The average molecular weight is 370 g/mol. The highest BCUT2D eigenvalue weighted by Crippen LogP contribution is 2.21. The van der Waals surface area contributed by atoms with Gasteiger partial charge in [0, 0.05) is 25.3 Å². The Morgan fingerprint density at radius 3 is 2.73 bits per heavy atom. The van der Waals surface area contributed by atoms with Crippen LogP contribution >= 0.6 is 11.6 Å². The van der Waals surface area contributed by atoms with Crippen molar-refractivity contribution >= 4 is 40.2 Å². The van der Waals surface area contributed by atoms with Gasteiger partial charge >= 0.3 is 0 Å². The zero-order valence-electron chi connectivity index (χ0n) is 14.5. The molecule has 0 aliphatic rings. The Hall–Kier alpha value is -2.63. The second-order valence-electron chi connectivity index (χ2n) is 5.81. The van der Waals surface area contributed by atoms with Gasteiger partial charge in [-0.3, -0.25) is 4.79 Å². The van der Waals surface area contributed by atoms with E-state index in [-0.39, 0.29) is 5.91 Å². The zero-order valence-corrected chi connectivity index (χ0v) is 15.2. The van der Waals surface area contributed by atoms with Crippen LogP contribution < -0.4 is 5.32 Å². The molecule has 0 fully saturated rings. The Morgan fingerprint density at radius 1 is 1.23 bits per heavy atom. The molecule has 0 radical (unpaired) electrons. The smallest absolute Gasteiger partial charge is 0.255 e. The number of carbonyl (C=O) groups excluding carboxylic acids is 1. The fourth-order valence-corrected chi connectivity index (χ4v) is 2.69. The summed E-state index contributed by atoms with van der Waals surface area (Å²) in [5.74, 6) is 0.348. The summed E-state index contributed by atoms with van der Waals surface area (Å²) in [5, 5.41) is 3.57. The number of ether oxygens (including phenoxy) is 1. The number of fused-ring (bicyclic) bond motifs is 1. The number of amides is 1. The molecule has 1 amide bonds. The third-order valence-corrected chi connectivity index (χ3v) is 4.13. The number of para-hydroxylation sites is 2. The summed E-state index contributed by atoms with van der Waals surface area (Å²) in [6, 6.07) is 15.0. The van der Waals surface area contributed by atoms with E-state index in [0.29, 0.717) is 29.6 Å². The summed E-state index contributed by atoms with van der Waals surface area (Å²) in [4.78, 5) is 20.5. The van der Waals surface area contributed by atoms with Gasteiger partial charge in [0.1, 0.15) is 5.82 Å². The second-order valence-corrected chi connectivity index (χ2v) is 6.25. The van der Waals surface area contributed by atoms with E-state index < -0.39 is 0 Å². The van der Waals surface area contributed by atoms with Gasteiger partial charge in [-0.15, -0.1) is 0 Å². The van der Waals surface area contributed by atoms with E-state index >= 15 is 0 Å². The zero-order chi connectivity index (χ0) is 18.4. The third-order valence-electron chi connectivity index (χ3n) is 3.88. The second kappa shape index (κ2) is 8.65. The van der Waals surface area contributed by atoms with Crippen LogP contribution in [0.25, 0.3) is 22.7 Å². The van der Waals surface area contributed by atoms with E-state index in [9.17, 15) is 4.79 Å². The molecule has 2 N–H and O–H groups in total. The van der Waals surface area contributed by atoms with Crippen molar-refractivity contribution in [1.82, 2.24) is 15.3 Å². The maximum atomic E-state index is 12.7. The molecule has 0 saturated heterocycles. The van der Waals surface area contributed by atoms with Gasteiger partial charge in [-0.25, -0.2) is 4.98 Å². The number of nitrogens with one attached hydrogen (secondary N) is 2. The number of imidazole rings is 1. The number of methoxy groups -OCH3 is 1. The fourth-order valence-electron chi connectivity index (χ4n) is 2.56. The van der Waals surface area contributed by atoms with Crippen LogP contribution in [0.4, 0.5) is 0 Å². The molecule has 26 heavy (non-hydrogen) atoms. The first kappa shape index (κ1) is 18.2. The Labute approximate surface area is 157 Å². The van der Waals surface area contributed by atoms with E-state index in [2.05, 4.69) is 15.3 Å². The Bertz CT molecular complexity index is 883.